The molecule has 3 heteroatoms. The van der Waals surface area contributed by atoms with Gasteiger partial charge in [-0.25, -0.2) is 0 Å². The van der Waals surface area contributed by atoms with Crippen LogP contribution in [0.4, 0.5) is 0 Å². The molecule has 0 amide bonds. The molecule has 3 unspecified atom stereocenters. The number of nitrogens with one attached hydrogen (secondary N) is 1. The second-order valence-electron chi connectivity index (χ2n) is 4.80. The molecule has 16 heavy (non-hydrogen) atoms. The van der Waals surface area contributed by atoms with Crippen LogP contribution in [0.3, 0.4) is 0 Å². The predicted octanol–water partition coefficient (Wildman–Crippen LogP) is 2.21. The molecule has 0 radical (unpaired) electrons. The molecule has 1 rings (SSSR count). The Morgan fingerprint density at radius 2 is 2.31 bits per heavy atom. The highest BCUT2D eigenvalue weighted by Gasteiger charge is 2.31. The summed E-state index contributed by atoms with van der Waals surface area (Å²) >= 11 is 0. The van der Waals surface area contributed by atoms with E-state index >= 15 is 0 Å². The first-order chi connectivity index (χ1) is 7.79. The third-order valence-electron chi connectivity index (χ3n) is 3.36. The van der Waals surface area contributed by atoms with Crippen LogP contribution in [0.1, 0.15) is 39.5 Å². The fourth-order valence-corrected chi connectivity index (χ4v) is 2.39. The summed E-state index contributed by atoms with van der Waals surface area (Å²) in [7, 11) is 1.77. The molecule has 0 aromatic rings. The Kier molecular flexibility index (Phi) is 7.01. The van der Waals surface area contributed by atoms with Crippen LogP contribution in [-0.4, -0.2) is 39.0 Å². The van der Waals surface area contributed by atoms with Gasteiger partial charge in [-0.1, -0.05) is 13.8 Å². The number of ether oxygens (including phenoxy) is 2. The van der Waals surface area contributed by atoms with E-state index in [0.29, 0.717) is 18.1 Å². The van der Waals surface area contributed by atoms with Gasteiger partial charge in [0.2, 0.25) is 0 Å². The zero-order chi connectivity index (χ0) is 11.8. The molecule has 1 aliphatic rings. The van der Waals surface area contributed by atoms with Crippen molar-refractivity contribution in [3.63, 3.8) is 0 Å². The quantitative estimate of drug-likeness (QED) is 0.647. The summed E-state index contributed by atoms with van der Waals surface area (Å²) in [5, 5.41) is 3.62. The molecule has 1 aliphatic heterocycles. The van der Waals surface area contributed by atoms with Gasteiger partial charge in [-0.15, -0.1) is 0 Å². The standard InChI is InChI=1S/C13H27NO2/c1-4-8-14-12(6-5-9-15-3)13-11(2)7-10-16-13/h11-14H,4-10H2,1-3H3. The van der Waals surface area contributed by atoms with E-state index in [9.17, 15) is 0 Å². The van der Waals surface area contributed by atoms with Crippen LogP contribution in [0.2, 0.25) is 0 Å². The minimum Gasteiger partial charge on any atom is -0.385 e. The third-order valence-corrected chi connectivity index (χ3v) is 3.36. The lowest BCUT2D eigenvalue weighted by atomic mass is 9.94. The summed E-state index contributed by atoms with van der Waals surface area (Å²) < 4.78 is 11.0. The van der Waals surface area contributed by atoms with Gasteiger partial charge >= 0.3 is 0 Å². The van der Waals surface area contributed by atoms with Crippen molar-refractivity contribution < 1.29 is 9.47 Å². The molecular formula is C13H27NO2. The first kappa shape index (κ1) is 13.9. The summed E-state index contributed by atoms with van der Waals surface area (Å²) in [6.45, 7) is 7.38. The molecule has 0 aromatic heterocycles. The van der Waals surface area contributed by atoms with Gasteiger partial charge < -0.3 is 14.8 Å². The van der Waals surface area contributed by atoms with Crippen LogP contribution in [-0.2, 0) is 9.47 Å². The van der Waals surface area contributed by atoms with E-state index < -0.39 is 0 Å². The molecule has 1 heterocycles. The Morgan fingerprint density at radius 1 is 1.50 bits per heavy atom. The van der Waals surface area contributed by atoms with Crippen molar-refractivity contribution in [2.75, 3.05) is 26.9 Å². The highest BCUT2D eigenvalue weighted by molar-refractivity contribution is 4.84. The van der Waals surface area contributed by atoms with Gasteiger partial charge in [-0.3, -0.25) is 0 Å². The fraction of sp³-hybridized carbons (Fsp3) is 1.00. The van der Waals surface area contributed by atoms with E-state index in [-0.39, 0.29) is 0 Å². The Morgan fingerprint density at radius 3 is 2.88 bits per heavy atom. The topological polar surface area (TPSA) is 30.5 Å². The molecule has 1 fully saturated rings. The number of rotatable bonds is 8. The maximum Gasteiger partial charge on any atom is 0.0754 e. The van der Waals surface area contributed by atoms with Crippen molar-refractivity contribution in [2.24, 2.45) is 5.92 Å². The van der Waals surface area contributed by atoms with Gasteiger partial charge in [-0.05, 0) is 38.1 Å². The second-order valence-corrected chi connectivity index (χ2v) is 4.80. The predicted molar refractivity (Wildman–Crippen MR) is 66.7 cm³/mol. The summed E-state index contributed by atoms with van der Waals surface area (Å²) in [6, 6.07) is 0.507. The van der Waals surface area contributed by atoms with Crippen LogP contribution in [0.15, 0.2) is 0 Å². The Hall–Kier alpha value is -0.120. The molecule has 3 atom stereocenters. The van der Waals surface area contributed by atoms with E-state index in [1.54, 1.807) is 7.11 Å². The minimum absolute atomic E-state index is 0.406. The van der Waals surface area contributed by atoms with Gasteiger partial charge in [0.15, 0.2) is 0 Å². The highest BCUT2D eigenvalue weighted by atomic mass is 16.5. The average Bonchev–Trinajstić information content (AvgIpc) is 2.70. The van der Waals surface area contributed by atoms with Crippen LogP contribution >= 0.6 is 0 Å². The zero-order valence-corrected chi connectivity index (χ0v) is 11.0. The first-order valence-electron chi connectivity index (χ1n) is 6.63. The van der Waals surface area contributed by atoms with E-state index in [0.717, 1.165) is 32.6 Å². The van der Waals surface area contributed by atoms with E-state index in [1.165, 1.54) is 12.8 Å². The van der Waals surface area contributed by atoms with Gasteiger partial charge in [0.1, 0.15) is 0 Å². The minimum atomic E-state index is 0.406. The van der Waals surface area contributed by atoms with Crippen molar-refractivity contribution in [2.45, 2.75) is 51.7 Å². The summed E-state index contributed by atoms with van der Waals surface area (Å²) in [4.78, 5) is 0. The van der Waals surface area contributed by atoms with Crippen molar-refractivity contribution >= 4 is 0 Å². The number of methoxy groups -OCH3 is 1. The van der Waals surface area contributed by atoms with Crippen molar-refractivity contribution in [1.29, 1.82) is 0 Å². The van der Waals surface area contributed by atoms with Gasteiger partial charge in [0.25, 0.3) is 0 Å². The largest absolute Gasteiger partial charge is 0.385 e. The maximum atomic E-state index is 5.85. The Balaban J connectivity index is 2.35. The number of hydrogen-bond donors (Lipinski definition) is 1. The average molecular weight is 229 g/mol. The Bertz CT molecular complexity index is 175. The first-order valence-corrected chi connectivity index (χ1v) is 6.63. The molecule has 0 aliphatic carbocycles. The summed E-state index contributed by atoms with van der Waals surface area (Å²) in [5.74, 6) is 0.692. The second kappa shape index (κ2) is 8.04. The maximum absolute atomic E-state index is 5.85. The fourth-order valence-electron chi connectivity index (χ4n) is 2.39. The monoisotopic (exact) mass is 229 g/mol. The van der Waals surface area contributed by atoms with Crippen molar-refractivity contribution in [1.82, 2.24) is 5.32 Å². The normalized spacial score (nSPS) is 27.2. The summed E-state index contributed by atoms with van der Waals surface area (Å²) in [5.41, 5.74) is 0. The van der Waals surface area contributed by atoms with E-state index in [4.69, 9.17) is 9.47 Å². The molecule has 0 spiro atoms. The zero-order valence-electron chi connectivity index (χ0n) is 11.0. The van der Waals surface area contributed by atoms with E-state index in [2.05, 4.69) is 19.2 Å². The third kappa shape index (κ3) is 4.40. The van der Waals surface area contributed by atoms with Crippen LogP contribution in [0.25, 0.3) is 0 Å². The molecule has 0 aromatic carbocycles. The van der Waals surface area contributed by atoms with Gasteiger partial charge in [0, 0.05) is 26.4 Å². The van der Waals surface area contributed by atoms with Crippen LogP contribution < -0.4 is 5.32 Å². The lowest BCUT2D eigenvalue weighted by Gasteiger charge is -2.27. The van der Waals surface area contributed by atoms with E-state index in [1.807, 2.05) is 0 Å². The Labute approximate surface area is 99.9 Å². The SMILES string of the molecule is CCCNC(CCCOC)C1OCCC1C. The molecule has 96 valence electrons. The van der Waals surface area contributed by atoms with Gasteiger partial charge in [-0.2, -0.15) is 0 Å². The lowest BCUT2D eigenvalue weighted by molar-refractivity contribution is 0.0548. The molecular weight excluding hydrogens is 202 g/mol. The lowest BCUT2D eigenvalue weighted by Crippen LogP contribution is -2.42. The molecule has 1 saturated heterocycles. The van der Waals surface area contributed by atoms with Crippen molar-refractivity contribution in [3.8, 4) is 0 Å². The van der Waals surface area contributed by atoms with Crippen LogP contribution in [0.5, 0.6) is 0 Å². The summed E-state index contributed by atoms with van der Waals surface area (Å²) in [6.07, 6.45) is 5.07. The molecule has 3 nitrogen and oxygen atoms in total. The highest BCUT2D eigenvalue weighted by Crippen LogP contribution is 2.24. The molecule has 0 bridgehead atoms. The van der Waals surface area contributed by atoms with Crippen LogP contribution in [0, 0.1) is 5.92 Å². The molecule has 0 saturated carbocycles. The van der Waals surface area contributed by atoms with Gasteiger partial charge in [0.05, 0.1) is 6.10 Å². The number of hydrogen-bond acceptors (Lipinski definition) is 3. The van der Waals surface area contributed by atoms with Crippen molar-refractivity contribution in [3.05, 3.63) is 0 Å². The molecule has 1 N–H and O–H groups in total. The smallest absolute Gasteiger partial charge is 0.0754 e.